The molecule has 7 heteroatoms. The molecule has 1 atom stereocenters. The summed E-state index contributed by atoms with van der Waals surface area (Å²) in [7, 11) is 0. The summed E-state index contributed by atoms with van der Waals surface area (Å²) in [5.41, 5.74) is 1.94. The van der Waals surface area contributed by atoms with Crippen LogP contribution in [-0.2, 0) is 4.79 Å². The van der Waals surface area contributed by atoms with Crippen LogP contribution in [0.25, 0.3) is 0 Å². The van der Waals surface area contributed by atoms with Crippen molar-refractivity contribution < 1.29 is 22.7 Å². The number of allylic oxidation sites excluding steroid dienone is 1. The number of amides is 1. The maximum atomic E-state index is 12.1. The number of halogens is 3. The highest BCUT2D eigenvalue weighted by Gasteiger charge is 2.31. The number of carbonyl (C=O) groups excluding carboxylic acids is 1. The highest BCUT2D eigenvalue weighted by molar-refractivity contribution is 5.84. The Balaban J connectivity index is 1.75. The Bertz CT molecular complexity index is 597. The number of ether oxygens (including phenoxy) is 1. The lowest BCUT2D eigenvalue weighted by molar-refractivity contribution is -0.274. The molecule has 2 rings (SSSR count). The number of hydrogen-bond acceptors (Lipinski definition) is 3. The molecular weight excluding hydrogens is 333 g/mol. The predicted molar refractivity (Wildman–Crippen MR) is 90.4 cm³/mol. The number of rotatable bonds is 7. The molecule has 138 valence electrons. The summed E-state index contributed by atoms with van der Waals surface area (Å²) in [5.74, 6) is -0.442. The average Bonchev–Trinajstić information content (AvgIpc) is 2.56. The Kier molecular flexibility index (Phi) is 6.73. The van der Waals surface area contributed by atoms with Gasteiger partial charge in [-0.05, 0) is 63.3 Å². The summed E-state index contributed by atoms with van der Waals surface area (Å²) in [4.78, 5) is 12.1. The maximum absolute atomic E-state index is 12.1. The van der Waals surface area contributed by atoms with E-state index in [-0.39, 0.29) is 11.7 Å². The Morgan fingerprint density at radius 3 is 2.56 bits per heavy atom. The molecule has 1 unspecified atom stereocenters. The topological polar surface area (TPSA) is 50.4 Å². The number of hydrogen-bond donors (Lipinski definition) is 2. The first-order valence-corrected chi connectivity index (χ1v) is 8.41. The molecule has 0 radical (unpaired) electrons. The number of anilines is 1. The van der Waals surface area contributed by atoms with Gasteiger partial charge in [-0.3, -0.25) is 4.79 Å². The van der Waals surface area contributed by atoms with Crippen LogP contribution in [0.5, 0.6) is 5.75 Å². The van der Waals surface area contributed by atoms with Crippen LogP contribution in [-0.4, -0.2) is 24.9 Å². The van der Waals surface area contributed by atoms with Gasteiger partial charge in [0.05, 0.1) is 0 Å². The van der Waals surface area contributed by atoms with E-state index < -0.39 is 12.4 Å². The van der Waals surface area contributed by atoms with Crippen molar-refractivity contribution in [3.05, 3.63) is 35.9 Å². The van der Waals surface area contributed by atoms with Gasteiger partial charge in [-0.1, -0.05) is 11.6 Å². The fraction of sp³-hybridized carbons (Fsp3) is 0.500. The molecule has 0 saturated heterocycles. The second-order valence-corrected chi connectivity index (χ2v) is 6.09. The molecule has 0 spiro atoms. The molecule has 1 aromatic carbocycles. The van der Waals surface area contributed by atoms with E-state index in [4.69, 9.17) is 0 Å². The molecular formula is C18H23F3N2O2. The Labute approximate surface area is 145 Å². The fourth-order valence-electron chi connectivity index (χ4n) is 2.70. The zero-order chi connectivity index (χ0) is 18.3. The van der Waals surface area contributed by atoms with E-state index in [1.165, 1.54) is 42.7 Å². The standard InChI is InChI=1S/C18H23F3N2O2/c1-13(17(24)22-12-11-14-5-3-2-4-6-14)23-15-7-9-16(10-8-15)25-18(19,20)21/h5,7-10,13,23H,2-4,6,11-12H2,1H3,(H,22,24). The highest BCUT2D eigenvalue weighted by Crippen LogP contribution is 2.24. The minimum Gasteiger partial charge on any atom is -0.406 e. The van der Waals surface area contributed by atoms with Crippen molar-refractivity contribution in [2.75, 3.05) is 11.9 Å². The summed E-state index contributed by atoms with van der Waals surface area (Å²) >= 11 is 0. The number of nitrogens with one attached hydrogen (secondary N) is 2. The minimum absolute atomic E-state index is 0.146. The third-order valence-electron chi connectivity index (χ3n) is 3.99. The lowest BCUT2D eigenvalue weighted by atomic mass is 9.97. The van der Waals surface area contributed by atoms with Gasteiger partial charge in [0, 0.05) is 12.2 Å². The van der Waals surface area contributed by atoms with E-state index in [1.54, 1.807) is 6.92 Å². The van der Waals surface area contributed by atoms with Crippen molar-refractivity contribution in [2.24, 2.45) is 0 Å². The second-order valence-electron chi connectivity index (χ2n) is 6.09. The monoisotopic (exact) mass is 356 g/mol. The third kappa shape index (κ3) is 7.07. The normalized spacial score (nSPS) is 15.9. The summed E-state index contributed by atoms with van der Waals surface area (Å²) in [6.07, 6.45) is 3.08. The zero-order valence-electron chi connectivity index (χ0n) is 14.2. The lowest BCUT2D eigenvalue weighted by Crippen LogP contribution is -2.38. The van der Waals surface area contributed by atoms with Gasteiger partial charge in [0.15, 0.2) is 0 Å². The molecule has 0 aromatic heterocycles. The van der Waals surface area contributed by atoms with Gasteiger partial charge >= 0.3 is 6.36 Å². The Hall–Kier alpha value is -2.18. The molecule has 0 heterocycles. The molecule has 2 N–H and O–H groups in total. The van der Waals surface area contributed by atoms with E-state index in [1.807, 2.05) is 0 Å². The van der Waals surface area contributed by atoms with E-state index in [0.717, 1.165) is 19.3 Å². The molecule has 25 heavy (non-hydrogen) atoms. The quantitative estimate of drug-likeness (QED) is 0.713. The molecule has 1 aliphatic rings. The second kappa shape index (κ2) is 8.78. The zero-order valence-corrected chi connectivity index (χ0v) is 14.2. The van der Waals surface area contributed by atoms with Gasteiger partial charge in [0.1, 0.15) is 11.8 Å². The van der Waals surface area contributed by atoms with E-state index in [0.29, 0.717) is 12.2 Å². The average molecular weight is 356 g/mol. The van der Waals surface area contributed by atoms with Crippen LogP contribution < -0.4 is 15.4 Å². The number of benzene rings is 1. The molecule has 1 amide bonds. The Morgan fingerprint density at radius 2 is 1.96 bits per heavy atom. The van der Waals surface area contributed by atoms with Gasteiger partial charge < -0.3 is 15.4 Å². The van der Waals surface area contributed by atoms with Gasteiger partial charge in [-0.2, -0.15) is 0 Å². The lowest BCUT2D eigenvalue weighted by Gasteiger charge is -2.17. The Morgan fingerprint density at radius 1 is 1.24 bits per heavy atom. The third-order valence-corrected chi connectivity index (χ3v) is 3.99. The van der Waals surface area contributed by atoms with Crippen LogP contribution in [0.2, 0.25) is 0 Å². The van der Waals surface area contributed by atoms with E-state index in [2.05, 4.69) is 21.4 Å². The maximum Gasteiger partial charge on any atom is 0.573 e. The summed E-state index contributed by atoms with van der Waals surface area (Å²) in [5, 5.41) is 5.83. The van der Waals surface area contributed by atoms with Gasteiger partial charge in [-0.25, -0.2) is 0 Å². The molecule has 0 bridgehead atoms. The summed E-state index contributed by atoms with van der Waals surface area (Å²) in [6.45, 7) is 2.30. The van der Waals surface area contributed by atoms with Gasteiger partial charge in [0.2, 0.25) is 5.91 Å². The smallest absolute Gasteiger partial charge is 0.406 e. The number of alkyl halides is 3. The first-order valence-electron chi connectivity index (χ1n) is 8.41. The van der Waals surface area contributed by atoms with Crippen LogP contribution in [0.1, 0.15) is 39.0 Å². The van der Waals surface area contributed by atoms with Crippen molar-refractivity contribution in [3.8, 4) is 5.75 Å². The number of carbonyl (C=O) groups is 1. The molecule has 4 nitrogen and oxygen atoms in total. The van der Waals surface area contributed by atoms with Crippen LogP contribution in [0, 0.1) is 0 Å². The van der Waals surface area contributed by atoms with Crippen molar-refractivity contribution in [1.29, 1.82) is 0 Å². The van der Waals surface area contributed by atoms with Crippen LogP contribution in [0.4, 0.5) is 18.9 Å². The minimum atomic E-state index is -4.71. The van der Waals surface area contributed by atoms with Crippen LogP contribution in [0.15, 0.2) is 35.9 Å². The van der Waals surface area contributed by atoms with Gasteiger partial charge in [-0.15, -0.1) is 13.2 Å². The molecule has 0 fully saturated rings. The molecule has 0 aliphatic heterocycles. The first-order chi connectivity index (χ1) is 11.8. The van der Waals surface area contributed by atoms with Crippen LogP contribution in [0.3, 0.4) is 0 Å². The van der Waals surface area contributed by atoms with E-state index >= 15 is 0 Å². The fourth-order valence-corrected chi connectivity index (χ4v) is 2.70. The summed E-state index contributed by atoms with van der Waals surface area (Å²) < 4.78 is 40.2. The largest absolute Gasteiger partial charge is 0.573 e. The van der Waals surface area contributed by atoms with Gasteiger partial charge in [0.25, 0.3) is 0 Å². The first kappa shape index (κ1) is 19.1. The van der Waals surface area contributed by atoms with E-state index in [9.17, 15) is 18.0 Å². The summed E-state index contributed by atoms with van der Waals surface area (Å²) in [6, 6.07) is 4.80. The van der Waals surface area contributed by atoms with Crippen molar-refractivity contribution in [3.63, 3.8) is 0 Å². The predicted octanol–water partition coefficient (Wildman–Crippen LogP) is 4.39. The van der Waals surface area contributed by atoms with Crippen LogP contribution >= 0.6 is 0 Å². The van der Waals surface area contributed by atoms with Crippen molar-refractivity contribution in [2.45, 2.75) is 51.4 Å². The highest BCUT2D eigenvalue weighted by atomic mass is 19.4. The molecule has 1 aliphatic carbocycles. The SMILES string of the molecule is CC(Nc1ccc(OC(F)(F)F)cc1)C(=O)NCCC1=CCCCC1. The molecule has 0 saturated carbocycles. The molecule has 1 aromatic rings. The van der Waals surface area contributed by atoms with Crippen molar-refractivity contribution in [1.82, 2.24) is 5.32 Å². The van der Waals surface area contributed by atoms with Crippen molar-refractivity contribution >= 4 is 11.6 Å².